The van der Waals surface area contributed by atoms with Gasteiger partial charge in [0.1, 0.15) is 5.58 Å². The molecule has 1 aromatic carbocycles. The summed E-state index contributed by atoms with van der Waals surface area (Å²) < 4.78 is 10.1. The Labute approximate surface area is 153 Å². The lowest BCUT2D eigenvalue weighted by molar-refractivity contribution is -0.127. The molecular weight excluding hydrogens is 364 g/mol. The number of nitrogens with one attached hydrogen (secondary N) is 2. The van der Waals surface area contributed by atoms with Crippen LogP contribution >= 0.6 is 11.6 Å². The molecule has 0 unspecified atom stereocenters. The summed E-state index contributed by atoms with van der Waals surface area (Å²) in [6.45, 7) is 1.58. The van der Waals surface area contributed by atoms with Crippen molar-refractivity contribution in [1.29, 1.82) is 0 Å². The minimum atomic E-state index is -0.968. The molecule has 26 heavy (non-hydrogen) atoms. The van der Waals surface area contributed by atoms with Gasteiger partial charge in [-0.3, -0.25) is 14.4 Å². The quantitative estimate of drug-likeness (QED) is 0.698. The molecule has 138 valence electrons. The lowest BCUT2D eigenvalue weighted by Crippen LogP contribution is -2.38. The van der Waals surface area contributed by atoms with Crippen LogP contribution in [0.5, 0.6) is 0 Å². The zero-order chi connectivity index (χ0) is 19.1. The lowest BCUT2D eigenvalue weighted by Gasteiger charge is -2.07. The molecule has 0 spiro atoms. The number of carbonyl (C=O) groups excluding carboxylic acids is 3. The number of hydrogen-bond acceptors (Lipinski definition) is 6. The van der Waals surface area contributed by atoms with Crippen molar-refractivity contribution in [3.05, 3.63) is 45.3 Å². The Bertz CT molecular complexity index is 892. The third-order valence-electron chi connectivity index (χ3n) is 3.24. The molecule has 1 aromatic heterocycles. The first-order valence-corrected chi connectivity index (χ1v) is 8.22. The second kappa shape index (κ2) is 9.00. The van der Waals surface area contributed by atoms with Crippen molar-refractivity contribution in [2.45, 2.75) is 13.3 Å². The topological polar surface area (TPSA) is 115 Å². The van der Waals surface area contributed by atoms with Gasteiger partial charge in [0.05, 0.1) is 11.9 Å². The van der Waals surface area contributed by atoms with Gasteiger partial charge in [0, 0.05) is 17.6 Å². The van der Waals surface area contributed by atoms with Gasteiger partial charge in [-0.1, -0.05) is 18.5 Å². The summed E-state index contributed by atoms with van der Waals surface area (Å²) in [5, 5.41) is 5.48. The Balaban J connectivity index is 1.92. The molecule has 0 radical (unpaired) electrons. The maximum atomic E-state index is 12.0. The van der Waals surface area contributed by atoms with Gasteiger partial charge in [-0.05, 0) is 24.6 Å². The van der Waals surface area contributed by atoms with Crippen LogP contribution in [0.25, 0.3) is 11.0 Å². The number of rotatable bonds is 7. The molecule has 2 amide bonds. The van der Waals surface area contributed by atoms with Crippen LogP contribution in [-0.2, 0) is 14.3 Å². The van der Waals surface area contributed by atoms with Crippen molar-refractivity contribution < 1.29 is 23.5 Å². The van der Waals surface area contributed by atoms with Crippen LogP contribution in [0.1, 0.15) is 23.9 Å². The fraction of sp³-hybridized carbons (Fsp3) is 0.294. The van der Waals surface area contributed by atoms with Gasteiger partial charge in [0.2, 0.25) is 11.7 Å². The molecule has 0 saturated heterocycles. The van der Waals surface area contributed by atoms with E-state index in [1.807, 2.05) is 6.92 Å². The number of hydrogen-bond donors (Lipinski definition) is 2. The predicted molar refractivity (Wildman–Crippen MR) is 94.1 cm³/mol. The third kappa shape index (κ3) is 5.32. The van der Waals surface area contributed by atoms with Crippen LogP contribution in [-0.4, -0.2) is 37.5 Å². The summed E-state index contributed by atoms with van der Waals surface area (Å²) in [5.74, 6) is -2.30. The first-order chi connectivity index (χ1) is 12.4. The van der Waals surface area contributed by atoms with Gasteiger partial charge < -0.3 is 19.8 Å². The van der Waals surface area contributed by atoms with E-state index >= 15 is 0 Å². The second-order valence-corrected chi connectivity index (χ2v) is 5.75. The van der Waals surface area contributed by atoms with Crippen LogP contribution < -0.4 is 16.1 Å². The first kappa shape index (κ1) is 19.5. The van der Waals surface area contributed by atoms with Crippen molar-refractivity contribution in [1.82, 2.24) is 10.6 Å². The van der Waals surface area contributed by atoms with Crippen molar-refractivity contribution >= 4 is 40.4 Å². The van der Waals surface area contributed by atoms with E-state index in [0.29, 0.717) is 11.6 Å². The molecule has 0 aliphatic heterocycles. The highest BCUT2D eigenvalue weighted by Crippen LogP contribution is 2.17. The molecule has 0 saturated carbocycles. The van der Waals surface area contributed by atoms with Crippen LogP contribution in [0, 0.1) is 0 Å². The summed E-state index contributed by atoms with van der Waals surface area (Å²) in [6, 6.07) is 5.36. The Morgan fingerprint density at radius 2 is 1.92 bits per heavy atom. The summed E-state index contributed by atoms with van der Waals surface area (Å²) in [4.78, 5) is 46.9. The van der Waals surface area contributed by atoms with E-state index in [9.17, 15) is 19.2 Å². The zero-order valence-corrected chi connectivity index (χ0v) is 14.7. The summed E-state index contributed by atoms with van der Waals surface area (Å²) in [6.07, 6.45) is 0.778. The van der Waals surface area contributed by atoms with Crippen LogP contribution in [0.3, 0.4) is 0 Å². The number of ether oxygens (including phenoxy) is 1. The average Bonchev–Trinajstić information content (AvgIpc) is 2.63. The van der Waals surface area contributed by atoms with Crippen LogP contribution in [0.2, 0.25) is 5.02 Å². The van der Waals surface area contributed by atoms with E-state index in [0.717, 1.165) is 12.5 Å². The van der Waals surface area contributed by atoms with Crippen molar-refractivity contribution in [2.75, 3.05) is 19.7 Å². The SMILES string of the molecule is CCCNC(=O)CNC(=O)COC(=O)c1cc(=O)c2cc(Cl)ccc2o1. The number of esters is 1. The fourth-order valence-corrected chi connectivity index (χ4v) is 2.16. The van der Waals surface area contributed by atoms with Crippen LogP contribution in [0.4, 0.5) is 0 Å². The fourth-order valence-electron chi connectivity index (χ4n) is 1.99. The minimum Gasteiger partial charge on any atom is -0.450 e. The summed E-state index contributed by atoms with van der Waals surface area (Å²) >= 11 is 5.81. The molecular formula is C17H17ClN2O6. The van der Waals surface area contributed by atoms with Gasteiger partial charge in [-0.25, -0.2) is 4.79 Å². The number of carbonyl (C=O) groups is 3. The van der Waals surface area contributed by atoms with E-state index in [-0.39, 0.29) is 29.2 Å². The van der Waals surface area contributed by atoms with Gasteiger partial charge in [0.25, 0.3) is 5.91 Å². The summed E-state index contributed by atoms with van der Waals surface area (Å²) in [5.41, 5.74) is -0.288. The monoisotopic (exact) mass is 380 g/mol. The number of halogens is 1. The number of fused-ring (bicyclic) bond motifs is 1. The predicted octanol–water partition coefficient (Wildman–Crippen LogP) is 1.25. The molecule has 0 aliphatic rings. The number of benzene rings is 1. The molecule has 9 heteroatoms. The third-order valence-corrected chi connectivity index (χ3v) is 3.48. The second-order valence-electron chi connectivity index (χ2n) is 5.32. The molecule has 0 aliphatic carbocycles. The highest BCUT2D eigenvalue weighted by Gasteiger charge is 2.16. The van der Waals surface area contributed by atoms with E-state index < -0.39 is 23.9 Å². The zero-order valence-electron chi connectivity index (χ0n) is 14.0. The largest absolute Gasteiger partial charge is 0.450 e. The Hall–Kier alpha value is -2.87. The van der Waals surface area contributed by atoms with E-state index in [1.165, 1.54) is 18.2 Å². The maximum Gasteiger partial charge on any atom is 0.374 e. The highest BCUT2D eigenvalue weighted by atomic mass is 35.5. The van der Waals surface area contributed by atoms with E-state index in [2.05, 4.69) is 10.6 Å². The van der Waals surface area contributed by atoms with Crippen molar-refractivity contribution in [2.24, 2.45) is 0 Å². The molecule has 8 nitrogen and oxygen atoms in total. The van der Waals surface area contributed by atoms with Crippen molar-refractivity contribution in [3.8, 4) is 0 Å². The van der Waals surface area contributed by atoms with Crippen molar-refractivity contribution in [3.63, 3.8) is 0 Å². The molecule has 0 atom stereocenters. The van der Waals surface area contributed by atoms with E-state index in [1.54, 1.807) is 0 Å². The number of amides is 2. The standard InChI is InChI=1S/C17H17ClN2O6/c1-2-5-19-15(22)8-20-16(23)9-25-17(24)14-7-12(21)11-6-10(18)3-4-13(11)26-14/h3-4,6-7H,2,5,8-9H2,1H3,(H,19,22)(H,20,23). The molecule has 1 heterocycles. The minimum absolute atomic E-state index is 0.172. The Morgan fingerprint density at radius 1 is 1.15 bits per heavy atom. The Morgan fingerprint density at radius 3 is 2.65 bits per heavy atom. The first-order valence-electron chi connectivity index (χ1n) is 7.84. The highest BCUT2D eigenvalue weighted by molar-refractivity contribution is 6.31. The molecule has 2 N–H and O–H groups in total. The van der Waals surface area contributed by atoms with Crippen LogP contribution in [0.15, 0.2) is 33.5 Å². The van der Waals surface area contributed by atoms with Gasteiger partial charge in [0.15, 0.2) is 12.0 Å². The maximum absolute atomic E-state index is 12.0. The van der Waals surface area contributed by atoms with E-state index in [4.69, 9.17) is 20.8 Å². The van der Waals surface area contributed by atoms with Gasteiger partial charge in [-0.2, -0.15) is 0 Å². The van der Waals surface area contributed by atoms with Gasteiger partial charge >= 0.3 is 5.97 Å². The van der Waals surface area contributed by atoms with Gasteiger partial charge in [-0.15, -0.1) is 0 Å². The Kier molecular flexibility index (Phi) is 6.74. The smallest absolute Gasteiger partial charge is 0.374 e. The normalized spacial score (nSPS) is 10.4. The molecule has 0 bridgehead atoms. The molecule has 2 rings (SSSR count). The molecule has 2 aromatic rings. The molecule has 0 fully saturated rings. The lowest BCUT2D eigenvalue weighted by atomic mass is 10.2. The summed E-state index contributed by atoms with van der Waals surface area (Å²) in [7, 11) is 0. The average molecular weight is 381 g/mol.